The molecule has 1 atom stereocenters. The van der Waals surface area contributed by atoms with Crippen LogP contribution in [0.2, 0.25) is 0 Å². The van der Waals surface area contributed by atoms with Crippen LogP contribution in [0.3, 0.4) is 0 Å². The molecule has 0 saturated heterocycles. The predicted octanol–water partition coefficient (Wildman–Crippen LogP) is -0.552. The normalized spacial score (nSPS) is 13.0. The Morgan fingerprint density at radius 1 is 1.78 bits per heavy atom. The van der Waals surface area contributed by atoms with E-state index in [9.17, 15) is 4.21 Å². The van der Waals surface area contributed by atoms with Gasteiger partial charge in [0.25, 0.3) is 0 Å². The highest BCUT2D eigenvalue weighted by Gasteiger charge is 1.92. The minimum Gasteiger partial charge on any atom is -0.273 e. The first kappa shape index (κ1) is 6.24. The van der Waals surface area contributed by atoms with Crippen LogP contribution in [0.25, 0.3) is 0 Å². The predicted molar refractivity (Wildman–Crippen MR) is 29.6 cm³/mol. The van der Waals surface area contributed by atoms with E-state index in [2.05, 4.69) is 9.38 Å². The van der Waals surface area contributed by atoms with E-state index in [1.807, 2.05) is 0 Å². The Bertz CT molecular complexity index is 197. The zero-order valence-corrected chi connectivity index (χ0v) is 5.11. The molecule has 0 aromatic carbocycles. The summed E-state index contributed by atoms with van der Waals surface area (Å²) in [5.74, 6) is 0. The summed E-state index contributed by atoms with van der Waals surface area (Å²) < 4.78 is 22.2. The first-order valence-corrected chi connectivity index (χ1v) is 3.11. The molecule has 0 radical (unpaired) electrons. The number of aromatic nitrogens is 2. The molecule has 1 aromatic heterocycles. The van der Waals surface area contributed by atoms with E-state index in [0.717, 1.165) is 4.85 Å². The summed E-state index contributed by atoms with van der Waals surface area (Å²) in [5, 5.41) is 3.50. The van der Waals surface area contributed by atoms with Gasteiger partial charge in [-0.15, -0.1) is 5.10 Å². The number of nitrogens with zero attached hydrogens (tertiary/aromatic N) is 2. The molecule has 9 heavy (non-hydrogen) atoms. The van der Waals surface area contributed by atoms with Crippen LogP contribution in [0.15, 0.2) is 18.5 Å². The van der Waals surface area contributed by atoms with Crippen LogP contribution in [0.1, 0.15) is 0 Å². The van der Waals surface area contributed by atoms with Crippen molar-refractivity contribution >= 4 is 11.4 Å². The van der Waals surface area contributed by atoms with Crippen LogP contribution < -0.4 is 4.28 Å². The molecule has 1 rings (SSSR count). The molecule has 0 fully saturated rings. The molecule has 0 bridgehead atoms. The van der Waals surface area contributed by atoms with Crippen LogP contribution in [0, 0.1) is 0 Å². The van der Waals surface area contributed by atoms with Gasteiger partial charge in [0.15, 0.2) is 0 Å². The van der Waals surface area contributed by atoms with Crippen molar-refractivity contribution in [2.75, 3.05) is 0 Å². The number of hydrogen-bond acceptors (Lipinski definition) is 3. The van der Waals surface area contributed by atoms with Gasteiger partial charge >= 0.3 is 11.4 Å². The quantitative estimate of drug-likeness (QED) is 0.571. The lowest BCUT2D eigenvalue weighted by atomic mass is 10.8. The van der Waals surface area contributed by atoms with Gasteiger partial charge in [-0.1, -0.05) is 4.85 Å². The molecular weight excluding hydrogens is 144 g/mol. The van der Waals surface area contributed by atoms with Gasteiger partial charge < -0.3 is 0 Å². The summed E-state index contributed by atoms with van der Waals surface area (Å²) >= 11 is -2.29. The average molecular weight is 148 g/mol. The molecule has 0 aliphatic rings. The smallest absolute Gasteiger partial charge is 0.273 e. The topological polar surface area (TPSA) is 64.3 Å². The number of hydrogen-bond donors (Lipinski definition) is 1. The van der Waals surface area contributed by atoms with Crippen LogP contribution >= 0.6 is 0 Å². The molecule has 1 unspecified atom stereocenters. The molecule has 0 aliphatic carbocycles. The minimum atomic E-state index is -2.29. The van der Waals surface area contributed by atoms with Crippen LogP contribution in [0.4, 0.5) is 0 Å². The molecule has 1 heterocycles. The van der Waals surface area contributed by atoms with E-state index in [-0.39, 0.29) is 0 Å². The summed E-state index contributed by atoms with van der Waals surface area (Å²) in [6, 6.07) is 1.58. The fraction of sp³-hybridized carbons (Fsp3) is 0. The van der Waals surface area contributed by atoms with E-state index >= 15 is 0 Å². The maximum Gasteiger partial charge on any atom is 0.378 e. The first-order chi connectivity index (χ1) is 4.29. The van der Waals surface area contributed by atoms with E-state index in [1.165, 1.54) is 12.4 Å². The zero-order chi connectivity index (χ0) is 6.69. The van der Waals surface area contributed by atoms with Crippen molar-refractivity contribution in [1.29, 1.82) is 0 Å². The van der Waals surface area contributed by atoms with Gasteiger partial charge in [0.2, 0.25) is 0 Å². The maximum atomic E-state index is 9.89. The van der Waals surface area contributed by atoms with Crippen LogP contribution in [-0.4, -0.2) is 18.7 Å². The van der Waals surface area contributed by atoms with E-state index < -0.39 is 11.4 Å². The highest BCUT2D eigenvalue weighted by Crippen LogP contribution is 1.79. The monoisotopic (exact) mass is 148 g/mol. The van der Waals surface area contributed by atoms with Crippen molar-refractivity contribution in [1.82, 2.24) is 9.94 Å². The molecule has 0 amide bonds. The second-order valence-corrected chi connectivity index (χ2v) is 1.78. The number of rotatable bonds is 2. The summed E-state index contributed by atoms with van der Waals surface area (Å²) in [4.78, 5) is 0.899. The Morgan fingerprint density at radius 3 is 3.00 bits per heavy atom. The summed E-state index contributed by atoms with van der Waals surface area (Å²) in [7, 11) is 0. The van der Waals surface area contributed by atoms with E-state index in [0.29, 0.717) is 0 Å². The van der Waals surface area contributed by atoms with Crippen LogP contribution in [0.5, 0.6) is 0 Å². The lowest BCUT2D eigenvalue weighted by Gasteiger charge is -1.93. The minimum absolute atomic E-state index is 0.899. The molecule has 0 saturated carbocycles. The molecule has 6 heteroatoms. The molecular formula is C3H4N2O3S. The standard InChI is InChI=1S/C3H4N2O3S/c6-9(7)8-5-3-1-2-4-5/h1-3H,(H,6,7). The molecule has 1 aromatic rings. The van der Waals surface area contributed by atoms with Gasteiger partial charge in [0.05, 0.1) is 12.4 Å². The molecule has 50 valence electrons. The Labute approximate surface area is 53.7 Å². The van der Waals surface area contributed by atoms with Crippen molar-refractivity contribution in [3.63, 3.8) is 0 Å². The van der Waals surface area contributed by atoms with Crippen LogP contribution in [-0.2, 0) is 11.4 Å². The lowest BCUT2D eigenvalue weighted by molar-refractivity contribution is 0.233. The molecule has 0 aliphatic heterocycles. The highest BCUT2D eigenvalue weighted by molar-refractivity contribution is 7.74. The zero-order valence-electron chi connectivity index (χ0n) is 4.30. The third kappa shape index (κ3) is 1.82. The summed E-state index contributed by atoms with van der Waals surface area (Å²) in [6.07, 6.45) is 2.85. The van der Waals surface area contributed by atoms with Gasteiger partial charge in [-0.05, 0) is 6.07 Å². The summed E-state index contributed by atoms with van der Waals surface area (Å²) in [5.41, 5.74) is 0. The van der Waals surface area contributed by atoms with Gasteiger partial charge in [-0.3, -0.25) is 8.84 Å². The first-order valence-electron chi connectivity index (χ1n) is 2.08. The molecule has 0 spiro atoms. The Kier molecular flexibility index (Phi) is 1.81. The van der Waals surface area contributed by atoms with Gasteiger partial charge in [0, 0.05) is 0 Å². The largest absolute Gasteiger partial charge is 0.378 e. The lowest BCUT2D eigenvalue weighted by Crippen LogP contribution is -2.13. The van der Waals surface area contributed by atoms with Gasteiger partial charge in [-0.25, -0.2) is 0 Å². The Hall–Kier alpha value is -0.880. The summed E-state index contributed by atoms with van der Waals surface area (Å²) in [6.45, 7) is 0. The SMILES string of the molecule is O=S(O)On1cccn1. The fourth-order valence-corrected chi connectivity index (χ4v) is 0.583. The van der Waals surface area contributed by atoms with Crippen molar-refractivity contribution in [2.24, 2.45) is 0 Å². The maximum absolute atomic E-state index is 9.89. The van der Waals surface area contributed by atoms with Crippen molar-refractivity contribution in [3.8, 4) is 0 Å². The molecule has 1 N–H and O–H groups in total. The van der Waals surface area contributed by atoms with E-state index in [1.54, 1.807) is 6.07 Å². The van der Waals surface area contributed by atoms with Crippen molar-refractivity contribution in [3.05, 3.63) is 18.5 Å². The fourth-order valence-electron chi connectivity index (χ4n) is 0.364. The Balaban J connectivity index is 2.58. The second-order valence-electron chi connectivity index (χ2n) is 1.20. The van der Waals surface area contributed by atoms with E-state index in [4.69, 9.17) is 4.55 Å². The van der Waals surface area contributed by atoms with Gasteiger partial charge in [0.1, 0.15) is 0 Å². The van der Waals surface area contributed by atoms with Gasteiger partial charge in [-0.2, -0.15) is 4.21 Å². The third-order valence-corrected chi connectivity index (χ3v) is 0.901. The average Bonchev–Trinajstić information content (AvgIpc) is 2.15. The second kappa shape index (κ2) is 2.60. The van der Waals surface area contributed by atoms with Crippen molar-refractivity contribution < 1.29 is 13.0 Å². The van der Waals surface area contributed by atoms with Crippen molar-refractivity contribution in [2.45, 2.75) is 0 Å². The molecule has 5 nitrogen and oxygen atoms in total. The highest BCUT2D eigenvalue weighted by atomic mass is 32.2. The third-order valence-electron chi connectivity index (χ3n) is 0.620. The Morgan fingerprint density at radius 2 is 2.56 bits per heavy atom.